The second-order valence-electron chi connectivity index (χ2n) is 7.79. The molecule has 1 amide bonds. The number of carbonyl (C=O) groups excluding carboxylic acids is 1. The highest BCUT2D eigenvalue weighted by atomic mass is 16.1. The summed E-state index contributed by atoms with van der Waals surface area (Å²) in [6, 6.07) is 17.0. The van der Waals surface area contributed by atoms with E-state index in [9.17, 15) is 4.79 Å². The molecule has 1 aliphatic heterocycles. The maximum atomic E-state index is 12.2. The number of fused-ring (bicyclic) bond motifs is 1. The number of nitrogens with one attached hydrogen (secondary N) is 2. The third-order valence-electron chi connectivity index (χ3n) is 5.64. The van der Waals surface area contributed by atoms with E-state index in [4.69, 9.17) is 0 Å². The predicted octanol–water partition coefficient (Wildman–Crippen LogP) is 4.40. The van der Waals surface area contributed by atoms with Crippen molar-refractivity contribution in [3.05, 3.63) is 71.4 Å². The molecule has 146 valence electrons. The van der Waals surface area contributed by atoms with Crippen molar-refractivity contribution in [3.8, 4) is 0 Å². The highest BCUT2D eigenvalue weighted by Crippen LogP contribution is 2.19. The average molecular weight is 376 g/mol. The molecule has 0 aliphatic carbocycles. The van der Waals surface area contributed by atoms with Crippen LogP contribution in [-0.2, 0) is 24.3 Å². The number of benzene rings is 2. The van der Waals surface area contributed by atoms with Gasteiger partial charge in [0.2, 0.25) is 5.91 Å². The number of likely N-dealkylation sites (tertiary alicyclic amines) is 1. The van der Waals surface area contributed by atoms with Crippen molar-refractivity contribution >= 4 is 16.8 Å². The zero-order valence-electron chi connectivity index (χ0n) is 16.4. The summed E-state index contributed by atoms with van der Waals surface area (Å²) in [5, 5.41) is 4.31. The van der Waals surface area contributed by atoms with Gasteiger partial charge in [-0.15, -0.1) is 0 Å². The average Bonchev–Trinajstić information content (AvgIpc) is 3.38. The van der Waals surface area contributed by atoms with Crippen molar-refractivity contribution in [2.24, 2.45) is 0 Å². The highest BCUT2D eigenvalue weighted by Gasteiger charge is 2.11. The molecule has 0 atom stereocenters. The van der Waals surface area contributed by atoms with Gasteiger partial charge >= 0.3 is 0 Å². The minimum atomic E-state index is 0.126. The maximum Gasteiger partial charge on any atom is 0.220 e. The van der Waals surface area contributed by atoms with Crippen LogP contribution in [0.3, 0.4) is 0 Å². The number of rotatable bonds is 8. The zero-order valence-corrected chi connectivity index (χ0v) is 16.4. The molecule has 4 heteroatoms. The second-order valence-corrected chi connectivity index (χ2v) is 7.79. The first-order valence-corrected chi connectivity index (χ1v) is 10.4. The number of carbonyl (C=O) groups is 1. The van der Waals surface area contributed by atoms with Gasteiger partial charge in [-0.1, -0.05) is 42.5 Å². The fourth-order valence-electron chi connectivity index (χ4n) is 4.03. The van der Waals surface area contributed by atoms with E-state index in [0.717, 1.165) is 30.5 Å². The van der Waals surface area contributed by atoms with Crippen molar-refractivity contribution in [1.29, 1.82) is 0 Å². The largest absolute Gasteiger partial charge is 0.361 e. The van der Waals surface area contributed by atoms with Gasteiger partial charge in [0, 0.05) is 36.6 Å². The SMILES string of the molecule is O=C(CCCc1c[nH]c2ccccc12)NCc1ccc(CN2CCCC2)cc1. The molecule has 0 spiro atoms. The molecule has 4 nitrogen and oxygen atoms in total. The molecule has 0 bridgehead atoms. The smallest absolute Gasteiger partial charge is 0.220 e. The Morgan fingerprint density at radius 2 is 1.75 bits per heavy atom. The Bertz CT molecular complexity index is 907. The maximum absolute atomic E-state index is 12.2. The number of aromatic nitrogens is 1. The number of hydrogen-bond donors (Lipinski definition) is 2. The number of H-pyrrole nitrogens is 1. The van der Waals surface area contributed by atoms with E-state index in [1.165, 1.54) is 42.4 Å². The first-order chi connectivity index (χ1) is 13.8. The van der Waals surface area contributed by atoms with E-state index in [2.05, 4.69) is 63.9 Å². The molecular weight excluding hydrogens is 346 g/mol. The summed E-state index contributed by atoms with van der Waals surface area (Å²) in [4.78, 5) is 18.0. The summed E-state index contributed by atoms with van der Waals surface area (Å²) in [6.07, 6.45) is 7.05. The van der Waals surface area contributed by atoms with Gasteiger partial charge in [0.15, 0.2) is 0 Å². The number of nitrogens with zero attached hydrogens (tertiary/aromatic N) is 1. The molecule has 28 heavy (non-hydrogen) atoms. The van der Waals surface area contributed by atoms with E-state index in [1.807, 2.05) is 6.07 Å². The Morgan fingerprint density at radius 3 is 2.57 bits per heavy atom. The van der Waals surface area contributed by atoms with Crippen LogP contribution in [0.2, 0.25) is 0 Å². The summed E-state index contributed by atoms with van der Waals surface area (Å²) in [5.74, 6) is 0.126. The lowest BCUT2D eigenvalue weighted by molar-refractivity contribution is -0.121. The monoisotopic (exact) mass is 375 g/mol. The van der Waals surface area contributed by atoms with Crippen LogP contribution in [0, 0.1) is 0 Å². The standard InChI is InChI=1S/C24H29N3O/c28-24(9-5-6-21-17-25-23-8-2-1-7-22(21)23)26-16-19-10-12-20(13-11-19)18-27-14-3-4-15-27/h1-2,7-8,10-13,17,25H,3-6,9,14-16,18H2,(H,26,28). The number of aryl methyl sites for hydroxylation is 1. The van der Waals surface area contributed by atoms with Gasteiger partial charge in [-0.2, -0.15) is 0 Å². The number of aromatic amines is 1. The molecule has 0 saturated carbocycles. The van der Waals surface area contributed by atoms with Crippen LogP contribution in [-0.4, -0.2) is 28.9 Å². The second kappa shape index (κ2) is 9.07. The molecule has 1 aromatic heterocycles. The van der Waals surface area contributed by atoms with E-state index in [0.29, 0.717) is 13.0 Å². The number of hydrogen-bond acceptors (Lipinski definition) is 2. The fraction of sp³-hybridized carbons (Fsp3) is 0.375. The highest BCUT2D eigenvalue weighted by molar-refractivity contribution is 5.83. The summed E-state index contributed by atoms with van der Waals surface area (Å²) in [6.45, 7) is 4.09. The minimum absolute atomic E-state index is 0.126. The van der Waals surface area contributed by atoms with Crippen LogP contribution in [0.25, 0.3) is 10.9 Å². The number of para-hydroxylation sites is 1. The Hall–Kier alpha value is -2.59. The van der Waals surface area contributed by atoms with Crippen molar-refractivity contribution in [2.45, 2.75) is 45.2 Å². The molecule has 2 aromatic carbocycles. The summed E-state index contributed by atoms with van der Waals surface area (Å²) < 4.78 is 0. The van der Waals surface area contributed by atoms with Crippen LogP contribution in [0.1, 0.15) is 42.4 Å². The Morgan fingerprint density at radius 1 is 1.00 bits per heavy atom. The molecule has 0 unspecified atom stereocenters. The fourth-order valence-corrected chi connectivity index (χ4v) is 4.03. The summed E-state index contributed by atoms with van der Waals surface area (Å²) >= 11 is 0. The van der Waals surface area contributed by atoms with E-state index >= 15 is 0 Å². The van der Waals surface area contributed by atoms with Crippen LogP contribution in [0.4, 0.5) is 0 Å². The van der Waals surface area contributed by atoms with Gasteiger partial charge < -0.3 is 10.3 Å². The van der Waals surface area contributed by atoms with Gasteiger partial charge in [-0.25, -0.2) is 0 Å². The van der Waals surface area contributed by atoms with E-state index in [1.54, 1.807) is 0 Å². The van der Waals surface area contributed by atoms with Gasteiger partial charge in [0.05, 0.1) is 0 Å². The third-order valence-corrected chi connectivity index (χ3v) is 5.64. The third kappa shape index (κ3) is 4.82. The van der Waals surface area contributed by atoms with Crippen LogP contribution in [0.15, 0.2) is 54.7 Å². The summed E-state index contributed by atoms with van der Waals surface area (Å²) in [7, 11) is 0. The molecule has 2 heterocycles. The predicted molar refractivity (Wildman–Crippen MR) is 114 cm³/mol. The van der Waals surface area contributed by atoms with Gasteiger partial charge in [-0.3, -0.25) is 9.69 Å². The molecule has 4 rings (SSSR count). The Balaban J connectivity index is 1.19. The van der Waals surface area contributed by atoms with Crippen LogP contribution in [0.5, 0.6) is 0 Å². The van der Waals surface area contributed by atoms with Crippen LogP contribution < -0.4 is 5.32 Å². The molecule has 1 aliphatic rings. The Kier molecular flexibility index (Phi) is 6.07. The van der Waals surface area contributed by atoms with Crippen LogP contribution >= 0.6 is 0 Å². The first-order valence-electron chi connectivity index (χ1n) is 10.4. The molecule has 0 radical (unpaired) electrons. The molecule has 2 N–H and O–H groups in total. The van der Waals surface area contributed by atoms with Crippen molar-refractivity contribution in [1.82, 2.24) is 15.2 Å². The Labute approximate surface area is 166 Å². The normalized spacial score (nSPS) is 14.6. The minimum Gasteiger partial charge on any atom is -0.361 e. The molecule has 1 saturated heterocycles. The van der Waals surface area contributed by atoms with Gasteiger partial charge in [0.25, 0.3) is 0 Å². The molecular formula is C24H29N3O. The molecule has 3 aromatic rings. The van der Waals surface area contributed by atoms with Crippen molar-refractivity contribution < 1.29 is 4.79 Å². The zero-order chi connectivity index (χ0) is 19.2. The van der Waals surface area contributed by atoms with E-state index < -0.39 is 0 Å². The van der Waals surface area contributed by atoms with E-state index in [-0.39, 0.29) is 5.91 Å². The van der Waals surface area contributed by atoms with Gasteiger partial charge in [-0.05, 0) is 61.5 Å². The van der Waals surface area contributed by atoms with Crippen molar-refractivity contribution in [3.63, 3.8) is 0 Å². The quantitative estimate of drug-likeness (QED) is 0.613. The summed E-state index contributed by atoms with van der Waals surface area (Å²) in [5.41, 5.74) is 4.97. The lowest BCUT2D eigenvalue weighted by atomic mass is 10.1. The lowest BCUT2D eigenvalue weighted by Gasteiger charge is -2.14. The lowest BCUT2D eigenvalue weighted by Crippen LogP contribution is -2.22. The number of amides is 1. The van der Waals surface area contributed by atoms with Gasteiger partial charge in [0.1, 0.15) is 0 Å². The van der Waals surface area contributed by atoms with Crippen molar-refractivity contribution in [2.75, 3.05) is 13.1 Å². The topological polar surface area (TPSA) is 48.1 Å². The molecule has 1 fully saturated rings. The first kappa shape index (κ1) is 18.8.